The van der Waals surface area contributed by atoms with Gasteiger partial charge in [-0.05, 0) is 20.8 Å². The number of aliphatic hydroxyl groups is 1. The molecule has 0 aliphatic rings. The Labute approximate surface area is 117 Å². The van der Waals surface area contributed by atoms with E-state index in [0.29, 0.717) is 11.4 Å². The number of hydrogen-bond donors (Lipinski definition) is 1. The van der Waals surface area contributed by atoms with E-state index in [2.05, 4.69) is 10.2 Å². The van der Waals surface area contributed by atoms with Crippen LogP contribution in [0.15, 0.2) is 12.4 Å². The van der Waals surface area contributed by atoms with Crippen LogP contribution in [-0.4, -0.2) is 24.7 Å². The largest absolute Gasteiger partial charge is 0.388 e. The van der Waals surface area contributed by atoms with Crippen molar-refractivity contribution in [1.82, 2.24) is 19.6 Å². The van der Waals surface area contributed by atoms with Crippen LogP contribution in [0.25, 0.3) is 0 Å². The lowest BCUT2D eigenvalue weighted by Gasteiger charge is -2.10. The molecule has 0 aromatic carbocycles. The lowest BCUT2D eigenvalue weighted by atomic mass is 10.1. The van der Waals surface area contributed by atoms with E-state index in [1.165, 1.54) is 0 Å². The molecule has 0 saturated carbocycles. The first-order chi connectivity index (χ1) is 9.06. The summed E-state index contributed by atoms with van der Waals surface area (Å²) in [6.07, 6.45) is 3.39. The van der Waals surface area contributed by atoms with E-state index in [1.54, 1.807) is 10.9 Å². The highest BCUT2D eigenvalue weighted by Crippen LogP contribution is 2.25. The van der Waals surface area contributed by atoms with Crippen molar-refractivity contribution >= 4 is 11.6 Å². The molecule has 2 heterocycles. The minimum absolute atomic E-state index is 0.447. The Morgan fingerprint density at radius 1 is 1.37 bits per heavy atom. The number of aromatic nitrogens is 4. The quantitative estimate of drug-likeness (QED) is 0.916. The van der Waals surface area contributed by atoms with Gasteiger partial charge in [0, 0.05) is 31.3 Å². The zero-order chi connectivity index (χ0) is 14.0. The highest BCUT2D eigenvalue weighted by molar-refractivity contribution is 6.31. The van der Waals surface area contributed by atoms with Crippen LogP contribution in [-0.2, 0) is 19.5 Å². The van der Waals surface area contributed by atoms with Crippen LogP contribution in [0.2, 0.25) is 5.02 Å². The van der Waals surface area contributed by atoms with Gasteiger partial charge in [0.25, 0.3) is 0 Å². The Hall–Kier alpha value is -1.33. The predicted molar refractivity (Wildman–Crippen MR) is 74.2 cm³/mol. The molecule has 0 bridgehead atoms. The molecule has 0 spiro atoms. The molecule has 2 aromatic heterocycles. The molecule has 2 aromatic rings. The second kappa shape index (κ2) is 5.75. The Kier molecular flexibility index (Phi) is 4.27. The molecule has 1 unspecified atom stereocenters. The normalized spacial score (nSPS) is 12.9. The summed E-state index contributed by atoms with van der Waals surface area (Å²) in [6.45, 7) is 7.42. The Morgan fingerprint density at radius 3 is 2.68 bits per heavy atom. The van der Waals surface area contributed by atoms with Gasteiger partial charge in [-0.2, -0.15) is 10.2 Å². The Morgan fingerprint density at radius 2 is 2.11 bits per heavy atom. The minimum atomic E-state index is -0.612. The standard InChI is InChI=1S/C13H19ClN4O/c1-4-17-8-10(7-15-17)12(19)6-11-13(14)9(3)16-18(11)5-2/h7-8,12,19H,4-6H2,1-3H3. The number of nitrogens with zero attached hydrogens (tertiary/aromatic N) is 4. The first-order valence-corrected chi connectivity index (χ1v) is 6.86. The summed E-state index contributed by atoms with van der Waals surface area (Å²) in [5, 5.41) is 19.4. The average Bonchev–Trinajstić information content (AvgIpc) is 2.98. The van der Waals surface area contributed by atoms with Crippen molar-refractivity contribution in [2.24, 2.45) is 0 Å². The van der Waals surface area contributed by atoms with Crippen LogP contribution in [0.4, 0.5) is 0 Å². The van der Waals surface area contributed by atoms with Gasteiger partial charge >= 0.3 is 0 Å². The monoisotopic (exact) mass is 282 g/mol. The molecule has 5 nitrogen and oxygen atoms in total. The van der Waals surface area contributed by atoms with Crippen LogP contribution in [0, 0.1) is 6.92 Å². The van der Waals surface area contributed by atoms with Crippen molar-refractivity contribution < 1.29 is 5.11 Å². The van der Waals surface area contributed by atoms with Gasteiger partial charge < -0.3 is 5.11 Å². The van der Waals surface area contributed by atoms with Crippen LogP contribution >= 0.6 is 11.6 Å². The van der Waals surface area contributed by atoms with E-state index >= 15 is 0 Å². The molecular weight excluding hydrogens is 264 g/mol. The van der Waals surface area contributed by atoms with Crippen molar-refractivity contribution in [2.45, 2.75) is 46.4 Å². The van der Waals surface area contributed by atoms with Crippen molar-refractivity contribution in [3.05, 3.63) is 34.4 Å². The molecule has 0 aliphatic heterocycles. The van der Waals surface area contributed by atoms with Gasteiger partial charge in [-0.1, -0.05) is 11.6 Å². The molecule has 0 saturated heterocycles. The first kappa shape index (κ1) is 14.1. The molecule has 104 valence electrons. The SMILES string of the molecule is CCn1cc(C(O)Cc2c(Cl)c(C)nn2CC)cn1. The van der Waals surface area contributed by atoms with Crippen LogP contribution in [0.5, 0.6) is 0 Å². The highest BCUT2D eigenvalue weighted by Gasteiger charge is 2.18. The molecule has 0 radical (unpaired) electrons. The van der Waals surface area contributed by atoms with Gasteiger partial charge in [-0.15, -0.1) is 0 Å². The molecule has 1 N–H and O–H groups in total. The van der Waals surface area contributed by atoms with Crippen molar-refractivity contribution in [3.8, 4) is 0 Å². The third kappa shape index (κ3) is 2.82. The fourth-order valence-corrected chi connectivity index (χ4v) is 2.30. The molecule has 6 heteroatoms. The predicted octanol–water partition coefficient (Wildman–Crippen LogP) is 2.36. The Balaban J connectivity index is 2.20. The number of hydrogen-bond acceptors (Lipinski definition) is 3. The zero-order valence-electron chi connectivity index (χ0n) is 11.5. The van der Waals surface area contributed by atoms with Crippen molar-refractivity contribution in [2.75, 3.05) is 0 Å². The fourth-order valence-electron chi connectivity index (χ4n) is 2.09. The van der Waals surface area contributed by atoms with Crippen molar-refractivity contribution in [1.29, 1.82) is 0 Å². The summed E-state index contributed by atoms with van der Waals surface area (Å²) >= 11 is 6.24. The maximum atomic E-state index is 10.3. The number of rotatable bonds is 5. The summed E-state index contributed by atoms with van der Waals surface area (Å²) in [7, 11) is 0. The summed E-state index contributed by atoms with van der Waals surface area (Å²) in [5.74, 6) is 0. The van der Waals surface area contributed by atoms with Gasteiger partial charge in [-0.25, -0.2) is 0 Å². The van der Waals surface area contributed by atoms with Crippen molar-refractivity contribution in [3.63, 3.8) is 0 Å². The molecule has 1 atom stereocenters. The van der Waals surface area contributed by atoms with E-state index in [1.807, 2.05) is 31.6 Å². The molecule has 0 amide bonds. The first-order valence-electron chi connectivity index (χ1n) is 6.49. The molecule has 0 aliphatic carbocycles. The minimum Gasteiger partial charge on any atom is -0.388 e. The number of halogens is 1. The van der Waals surface area contributed by atoms with E-state index in [-0.39, 0.29) is 0 Å². The van der Waals surface area contributed by atoms with Gasteiger partial charge in [0.1, 0.15) is 0 Å². The maximum Gasteiger partial charge on any atom is 0.0876 e. The van der Waals surface area contributed by atoms with E-state index < -0.39 is 6.10 Å². The molecule has 2 rings (SSSR count). The topological polar surface area (TPSA) is 55.9 Å². The van der Waals surface area contributed by atoms with E-state index in [4.69, 9.17) is 11.6 Å². The van der Waals surface area contributed by atoms with E-state index in [0.717, 1.165) is 30.0 Å². The lowest BCUT2D eigenvalue weighted by molar-refractivity contribution is 0.175. The second-order valence-electron chi connectivity index (χ2n) is 4.51. The summed E-state index contributed by atoms with van der Waals surface area (Å²) in [6, 6.07) is 0. The third-order valence-electron chi connectivity index (χ3n) is 3.20. The smallest absolute Gasteiger partial charge is 0.0876 e. The zero-order valence-corrected chi connectivity index (χ0v) is 12.2. The summed E-state index contributed by atoms with van der Waals surface area (Å²) in [4.78, 5) is 0. The van der Waals surface area contributed by atoms with Gasteiger partial charge in [0.15, 0.2) is 0 Å². The van der Waals surface area contributed by atoms with Crippen LogP contribution < -0.4 is 0 Å². The van der Waals surface area contributed by atoms with Gasteiger partial charge in [0.2, 0.25) is 0 Å². The van der Waals surface area contributed by atoms with Gasteiger partial charge in [0.05, 0.1) is 28.7 Å². The molecular formula is C13H19ClN4O. The lowest BCUT2D eigenvalue weighted by Crippen LogP contribution is -2.08. The fraction of sp³-hybridized carbons (Fsp3) is 0.538. The van der Waals surface area contributed by atoms with Crippen LogP contribution in [0.3, 0.4) is 0 Å². The summed E-state index contributed by atoms with van der Waals surface area (Å²) < 4.78 is 3.63. The number of aliphatic hydroxyl groups excluding tert-OH is 1. The highest BCUT2D eigenvalue weighted by atomic mass is 35.5. The molecule has 0 fully saturated rings. The van der Waals surface area contributed by atoms with Gasteiger partial charge in [-0.3, -0.25) is 9.36 Å². The summed E-state index contributed by atoms with van der Waals surface area (Å²) in [5.41, 5.74) is 2.48. The van der Waals surface area contributed by atoms with E-state index in [9.17, 15) is 5.11 Å². The van der Waals surface area contributed by atoms with Crippen LogP contribution in [0.1, 0.15) is 36.9 Å². The second-order valence-corrected chi connectivity index (χ2v) is 4.89. The number of aryl methyl sites for hydroxylation is 3. The average molecular weight is 283 g/mol. The third-order valence-corrected chi connectivity index (χ3v) is 3.69. The molecule has 19 heavy (non-hydrogen) atoms. The Bertz CT molecular complexity index is 561. The maximum absolute atomic E-state index is 10.3.